The summed E-state index contributed by atoms with van der Waals surface area (Å²) in [4.78, 5) is 7.43. The van der Waals surface area contributed by atoms with Crippen LogP contribution < -0.4 is 15.0 Å². The number of hydrogen-bond donors (Lipinski definition) is 1. The second-order valence-corrected chi connectivity index (χ2v) is 8.61. The molecule has 2 aromatic carbocycles. The number of methoxy groups -OCH3 is 1. The Morgan fingerprint density at radius 2 is 1.83 bits per heavy atom. The van der Waals surface area contributed by atoms with Crippen molar-refractivity contribution < 1.29 is 4.74 Å². The Labute approximate surface area is 188 Å². The monoisotopic (exact) mass is 472 g/mol. The van der Waals surface area contributed by atoms with Crippen molar-refractivity contribution in [3.05, 3.63) is 40.4 Å². The SMILES string of the molecule is CCCCN(CCCC)c1cccc2nc(Nc3c(C)cc(OC)cc3Br)n(C)c12. The van der Waals surface area contributed by atoms with Crippen LogP contribution in [-0.4, -0.2) is 29.8 Å². The van der Waals surface area contributed by atoms with Crippen molar-refractivity contribution in [3.8, 4) is 5.75 Å². The molecule has 0 aliphatic rings. The Bertz CT molecular complexity index is 967. The molecular weight excluding hydrogens is 440 g/mol. The van der Waals surface area contributed by atoms with E-state index in [0.717, 1.165) is 46.0 Å². The van der Waals surface area contributed by atoms with Crippen molar-refractivity contribution in [2.75, 3.05) is 30.4 Å². The second kappa shape index (κ2) is 10.2. The number of fused-ring (bicyclic) bond motifs is 1. The van der Waals surface area contributed by atoms with E-state index in [1.165, 1.54) is 36.9 Å². The quantitative estimate of drug-likeness (QED) is 0.352. The number of aryl methyl sites for hydroxylation is 2. The number of imidazole rings is 1. The first-order valence-corrected chi connectivity index (χ1v) is 11.6. The fraction of sp³-hybridized carbons (Fsp3) is 0.458. The van der Waals surface area contributed by atoms with Crippen molar-refractivity contribution >= 4 is 44.3 Å². The maximum Gasteiger partial charge on any atom is 0.208 e. The van der Waals surface area contributed by atoms with Gasteiger partial charge in [-0.05, 0) is 65.5 Å². The molecule has 0 aliphatic carbocycles. The van der Waals surface area contributed by atoms with Gasteiger partial charge in [-0.3, -0.25) is 0 Å². The Morgan fingerprint density at radius 3 is 2.43 bits per heavy atom. The normalized spacial score (nSPS) is 11.1. The first kappa shape index (κ1) is 22.5. The fourth-order valence-electron chi connectivity index (χ4n) is 3.77. The summed E-state index contributed by atoms with van der Waals surface area (Å²) >= 11 is 3.67. The lowest BCUT2D eigenvalue weighted by Crippen LogP contribution is -2.26. The van der Waals surface area contributed by atoms with E-state index in [1.807, 2.05) is 12.1 Å². The lowest BCUT2D eigenvalue weighted by Gasteiger charge is -2.25. The van der Waals surface area contributed by atoms with Crippen LogP contribution in [0.15, 0.2) is 34.8 Å². The highest BCUT2D eigenvalue weighted by molar-refractivity contribution is 9.10. The molecule has 0 fully saturated rings. The van der Waals surface area contributed by atoms with E-state index in [0.29, 0.717) is 0 Å². The molecule has 162 valence electrons. The molecule has 1 N–H and O–H groups in total. The molecule has 0 amide bonds. The molecule has 3 aromatic rings. The van der Waals surface area contributed by atoms with Crippen LogP contribution in [0.3, 0.4) is 0 Å². The minimum absolute atomic E-state index is 0.831. The predicted molar refractivity (Wildman–Crippen MR) is 131 cm³/mol. The molecule has 0 saturated carbocycles. The molecule has 0 saturated heterocycles. The summed E-state index contributed by atoms with van der Waals surface area (Å²) in [7, 11) is 3.77. The lowest BCUT2D eigenvalue weighted by molar-refractivity contribution is 0.414. The van der Waals surface area contributed by atoms with Gasteiger partial charge in [0.05, 0.1) is 29.5 Å². The van der Waals surface area contributed by atoms with Gasteiger partial charge >= 0.3 is 0 Å². The summed E-state index contributed by atoms with van der Waals surface area (Å²) in [5.74, 6) is 1.66. The molecule has 0 unspecified atom stereocenters. The van der Waals surface area contributed by atoms with Gasteiger partial charge in [0, 0.05) is 24.6 Å². The number of hydrogen-bond acceptors (Lipinski definition) is 4. The summed E-state index contributed by atoms with van der Waals surface area (Å²) < 4.78 is 8.50. The zero-order valence-corrected chi connectivity index (χ0v) is 20.3. The number of benzene rings is 2. The number of para-hydroxylation sites is 1. The van der Waals surface area contributed by atoms with Gasteiger partial charge in [0.1, 0.15) is 5.75 Å². The number of anilines is 3. The highest BCUT2D eigenvalue weighted by Crippen LogP contribution is 2.35. The first-order chi connectivity index (χ1) is 14.5. The summed E-state index contributed by atoms with van der Waals surface area (Å²) in [6, 6.07) is 10.4. The predicted octanol–water partition coefficient (Wildman–Crippen LogP) is 6.80. The minimum Gasteiger partial charge on any atom is -0.497 e. The lowest BCUT2D eigenvalue weighted by atomic mass is 10.2. The molecular formula is C24H33BrN4O. The molecule has 6 heteroatoms. The van der Waals surface area contributed by atoms with Crippen molar-refractivity contribution in [1.82, 2.24) is 9.55 Å². The van der Waals surface area contributed by atoms with Gasteiger partial charge in [-0.25, -0.2) is 4.98 Å². The van der Waals surface area contributed by atoms with Gasteiger partial charge in [-0.15, -0.1) is 0 Å². The van der Waals surface area contributed by atoms with Gasteiger partial charge in [0.2, 0.25) is 5.95 Å². The van der Waals surface area contributed by atoms with Gasteiger partial charge in [0.15, 0.2) is 0 Å². The van der Waals surface area contributed by atoms with Crippen molar-refractivity contribution in [2.45, 2.75) is 46.5 Å². The smallest absolute Gasteiger partial charge is 0.208 e. The number of unbranched alkanes of at least 4 members (excludes halogenated alkanes) is 2. The molecule has 5 nitrogen and oxygen atoms in total. The Balaban J connectivity index is 2.01. The summed E-state index contributed by atoms with van der Waals surface area (Å²) in [5.41, 5.74) is 5.56. The van der Waals surface area contributed by atoms with Gasteiger partial charge in [-0.2, -0.15) is 0 Å². The van der Waals surface area contributed by atoms with Crippen LogP contribution in [0.2, 0.25) is 0 Å². The van der Waals surface area contributed by atoms with Crippen LogP contribution in [0.5, 0.6) is 5.75 Å². The van der Waals surface area contributed by atoms with E-state index in [4.69, 9.17) is 9.72 Å². The van der Waals surface area contributed by atoms with Crippen LogP contribution in [-0.2, 0) is 7.05 Å². The molecule has 0 atom stereocenters. The van der Waals surface area contributed by atoms with Crippen LogP contribution in [0, 0.1) is 6.92 Å². The fourth-order valence-corrected chi connectivity index (χ4v) is 4.40. The van der Waals surface area contributed by atoms with Crippen molar-refractivity contribution in [1.29, 1.82) is 0 Å². The van der Waals surface area contributed by atoms with Gasteiger partial charge in [0.25, 0.3) is 0 Å². The zero-order valence-electron chi connectivity index (χ0n) is 18.8. The number of ether oxygens (including phenoxy) is 1. The minimum atomic E-state index is 0.831. The standard InChI is InChI=1S/C24H33BrN4O/c1-6-8-13-29(14-9-7-2)21-12-10-11-20-23(21)28(4)24(26-20)27-22-17(3)15-18(30-5)16-19(22)25/h10-12,15-16H,6-9,13-14H2,1-5H3,(H,26,27). The van der Waals surface area contributed by atoms with E-state index in [9.17, 15) is 0 Å². The summed E-state index contributed by atoms with van der Waals surface area (Å²) in [6.07, 6.45) is 4.78. The van der Waals surface area contributed by atoms with Gasteiger partial charge < -0.3 is 19.5 Å². The largest absolute Gasteiger partial charge is 0.497 e. The zero-order chi connectivity index (χ0) is 21.7. The number of halogens is 1. The van der Waals surface area contributed by atoms with E-state index in [1.54, 1.807) is 7.11 Å². The Hall–Kier alpha value is -2.21. The maximum atomic E-state index is 5.38. The van der Waals surface area contributed by atoms with E-state index in [-0.39, 0.29) is 0 Å². The third kappa shape index (κ3) is 4.75. The number of nitrogens with one attached hydrogen (secondary N) is 1. The third-order valence-corrected chi connectivity index (χ3v) is 6.14. The van der Waals surface area contributed by atoms with Crippen molar-refractivity contribution in [3.63, 3.8) is 0 Å². The van der Waals surface area contributed by atoms with Crippen LogP contribution >= 0.6 is 15.9 Å². The average Bonchev–Trinajstić information content (AvgIpc) is 3.06. The van der Waals surface area contributed by atoms with Crippen LogP contribution in [0.1, 0.15) is 45.1 Å². The average molecular weight is 473 g/mol. The maximum absolute atomic E-state index is 5.38. The van der Waals surface area contributed by atoms with E-state index < -0.39 is 0 Å². The Morgan fingerprint density at radius 1 is 1.13 bits per heavy atom. The number of rotatable bonds is 10. The first-order valence-electron chi connectivity index (χ1n) is 10.8. The summed E-state index contributed by atoms with van der Waals surface area (Å²) in [6.45, 7) is 8.72. The van der Waals surface area contributed by atoms with Crippen molar-refractivity contribution in [2.24, 2.45) is 7.05 Å². The molecule has 0 bridgehead atoms. The number of aromatic nitrogens is 2. The summed E-state index contributed by atoms with van der Waals surface area (Å²) in [5, 5.41) is 3.53. The van der Waals surface area contributed by atoms with Crippen LogP contribution in [0.25, 0.3) is 11.0 Å². The van der Waals surface area contributed by atoms with Gasteiger partial charge in [-0.1, -0.05) is 32.8 Å². The number of nitrogens with zero attached hydrogens (tertiary/aromatic N) is 3. The second-order valence-electron chi connectivity index (χ2n) is 7.76. The topological polar surface area (TPSA) is 42.3 Å². The molecule has 0 spiro atoms. The molecule has 0 radical (unpaired) electrons. The van der Waals surface area contributed by atoms with E-state index >= 15 is 0 Å². The third-order valence-electron chi connectivity index (χ3n) is 5.51. The van der Waals surface area contributed by atoms with Crippen LogP contribution in [0.4, 0.5) is 17.3 Å². The highest BCUT2D eigenvalue weighted by atomic mass is 79.9. The molecule has 0 aliphatic heterocycles. The molecule has 30 heavy (non-hydrogen) atoms. The highest BCUT2D eigenvalue weighted by Gasteiger charge is 2.17. The molecule has 1 heterocycles. The molecule has 3 rings (SSSR count). The molecule has 1 aromatic heterocycles. The Kier molecular flexibility index (Phi) is 7.64. The van der Waals surface area contributed by atoms with E-state index in [2.05, 4.69) is 76.7 Å².